The zero-order valence-electron chi connectivity index (χ0n) is 18.2. The lowest BCUT2D eigenvalue weighted by molar-refractivity contribution is 0.0918. The molecule has 8 heteroatoms. The molecule has 7 nitrogen and oxygen atoms in total. The summed E-state index contributed by atoms with van der Waals surface area (Å²) >= 11 is 0. The summed E-state index contributed by atoms with van der Waals surface area (Å²) in [7, 11) is 0. The normalized spacial score (nSPS) is 20.3. The fourth-order valence-corrected chi connectivity index (χ4v) is 4.28. The fraction of sp³-hybridized carbons (Fsp3) is 0.360. The first-order valence-corrected chi connectivity index (χ1v) is 11.4. The van der Waals surface area contributed by atoms with E-state index < -0.39 is 0 Å². The Labute approximate surface area is 191 Å². The highest BCUT2D eigenvalue weighted by molar-refractivity contribution is 5.95. The summed E-state index contributed by atoms with van der Waals surface area (Å²) < 4.78 is 15.0. The summed E-state index contributed by atoms with van der Waals surface area (Å²) in [5, 5.41) is 14.3. The van der Waals surface area contributed by atoms with Crippen molar-refractivity contribution in [2.45, 2.75) is 56.7 Å². The number of rotatable bonds is 6. The number of carbonyl (C=O) groups excluding carboxylic acids is 2. The lowest BCUT2D eigenvalue weighted by Crippen LogP contribution is -2.38. The molecule has 0 radical (unpaired) electrons. The third-order valence-electron chi connectivity index (χ3n) is 6.36. The highest BCUT2D eigenvalue weighted by Gasteiger charge is 2.27. The number of aromatic nitrogens is 3. The smallest absolute Gasteiger partial charge is 0.273 e. The number of benzene rings is 2. The minimum absolute atomic E-state index is 0.0874. The van der Waals surface area contributed by atoms with Crippen molar-refractivity contribution in [2.24, 2.45) is 0 Å². The van der Waals surface area contributed by atoms with Crippen LogP contribution in [0.15, 0.2) is 54.7 Å². The summed E-state index contributed by atoms with van der Waals surface area (Å²) in [6, 6.07) is 14.2. The van der Waals surface area contributed by atoms with E-state index in [9.17, 15) is 14.0 Å². The maximum absolute atomic E-state index is 13.2. The highest BCUT2D eigenvalue weighted by atomic mass is 19.1. The van der Waals surface area contributed by atoms with Crippen molar-refractivity contribution in [3.05, 3.63) is 71.8 Å². The van der Waals surface area contributed by atoms with Gasteiger partial charge in [0.25, 0.3) is 11.8 Å². The number of hydrogen-bond acceptors (Lipinski definition) is 4. The van der Waals surface area contributed by atoms with Gasteiger partial charge >= 0.3 is 0 Å². The first-order valence-electron chi connectivity index (χ1n) is 11.4. The van der Waals surface area contributed by atoms with Crippen LogP contribution < -0.4 is 10.6 Å². The van der Waals surface area contributed by atoms with Crippen molar-refractivity contribution >= 4 is 11.8 Å². The number of halogens is 1. The summed E-state index contributed by atoms with van der Waals surface area (Å²) in [5.41, 5.74) is 2.68. The molecule has 0 aliphatic heterocycles. The average Bonchev–Trinajstić information content (AvgIpc) is 3.51. The molecule has 0 atom stereocenters. The predicted octanol–water partition coefficient (Wildman–Crippen LogP) is 3.89. The number of hydrogen-bond donors (Lipinski definition) is 2. The Morgan fingerprint density at radius 3 is 2.21 bits per heavy atom. The van der Waals surface area contributed by atoms with Gasteiger partial charge in [-0.2, -0.15) is 0 Å². The molecule has 5 rings (SSSR count). The van der Waals surface area contributed by atoms with E-state index in [1.807, 2.05) is 18.2 Å². The van der Waals surface area contributed by atoms with Crippen LogP contribution in [0.5, 0.6) is 0 Å². The third kappa shape index (κ3) is 5.10. The first kappa shape index (κ1) is 21.3. The predicted molar refractivity (Wildman–Crippen MR) is 121 cm³/mol. The van der Waals surface area contributed by atoms with Gasteiger partial charge in [-0.1, -0.05) is 29.5 Å². The minimum Gasteiger partial charge on any atom is -0.349 e. The Morgan fingerprint density at radius 1 is 0.848 bits per heavy atom. The van der Waals surface area contributed by atoms with Crippen LogP contribution in [-0.2, 0) is 0 Å². The molecule has 2 amide bonds. The topological polar surface area (TPSA) is 88.9 Å². The van der Waals surface area contributed by atoms with Crippen molar-refractivity contribution in [3.63, 3.8) is 0 Å². The van der Waals surface area contributed by atoms with Crippen LogP contribution in [0.4, 0.5) is 4.39 Å². The average molecular weight is 448 g/mol. The van der Waals surface area contributed by atoms with Crippen molar-refractivity contribution in [1.82, 2.24) is 25.6 Å². The van der Waals surface area contributed by atoms with Crippen molar-refractivity contribution in [1.29, 1.82) is 0 Å². The van der Waals surface area contributed by atoms with Crippen molar-refractivity contribution in [2.75, 3.05) is 0 Å². The van der Waals surface area contributed by atoms with E-state index in [4.69, 9.17) is 0 Å². The van der Waals surface area contributed by atoms with Crippen molar-refractivity contribution in [3.8, 4) is 11.1 Å². The van der Waals surface area contributed by atoms with Gasteiger partial charge in [0, 0.05) is 17.6 Å². The van der Waals surface area contributed by atoms with Gasteiger partial charge in [-0.25, -0.2) is 9.07 Å². The van der Waals surface area contributed by atoms with Gasteiger partial charge in [0.15, 0.2) is 5.69 Å². The maximum Gasteiger partial charge on any atom is 0.273 e. The molecule has 170 valence electrons. The van der Waals surface area contributed by atoms with E-state index >= 15 is 0 Å². The van der Waals surface area contributed by atoms with Crippen LogP contribution >= 0.6 is 0 Å². The molecule has 2 N–H and O–H groups in total. The number of nitrogens with zero attached hydrogens (tertiary/aromatic N) is 3. The van der Waals surface area contributed by atoms with Crippen LogP contribution in [0, 0.1) is 5.82 Å². The van der Waals surface area contributed by atoms with Gasteiger partial charge in [-0.15, -0.1) is 5.10 Å². The van der Waals surface area contributed by atoms with Crippen LogP contribution in [-0.4, -0.2) is 38.9 Å². The van der Waals surface area contributed by atoms with Crippen LogP contribution in [0.2, 0.25) is 0 Å². The Hall–Kier alpha value is -3.55. The lowest BCUT2D eigenvalue weighted by atomic mass is 9.91. The molecule has 0 unspecified atom stereocenters. The van der Waals surface area contributed by atoms with Crippen LogP contribution in [0.3, 0.4) is 0 Å². The van der Waals surface area contributed by atoms with Gasteiger partial charge in [0.1, 0.15) is 5.82 Å². The van der Waals surface area contributed by atoms with Gasteiger partial charge < -0.3 is 10.6 Å². The Bertz CT molecular complexity index is 1150. The standard InChI is InChI=1S/C25H26FN5O2/c26-19-6-4-16(5-7-19)17-2-1-3-18(14-17)24(32)27-21-10-12-22(13-11-21)31-15-23(29-30-31)25(33)28-20-8-9-20/h1-7,14-15,20-22H,8-13H2,(H,27,32)(H,28,33). The van der Waals surface area contributed by atoms with Crippen LogP contribution in [0.1, 0.15) is 65.4 Å². The number of nitrogens with one attached hydrogen (secondary N) is 2. The molecule has 2 aromatic carbocycles. The molecule has 33 heavy (non-hydrogen) atoms. The monoisotopic (exact) mass is 447 g/mol. The fourth-order valence-electron chi connectivity index (χ4n) is 4.28. The minimum atomic E-state index is -0.285. The zero-order chi connectivity index (χ0) is 22.8. The Morgan fingerprint density at radius 2 is 1.52 bits per heavy atom. The summed E-state index contributed by atoms with van der Waals surface area (Å²) in [4.78, 5) is 25.0. The van der Waals surface area contributed by atoms with Gasteiger partial charge in [0.2, 0.25) is 0 Å². The Kier molecular flexibility index (Phi) is 5.90. The third-order valence-corrected chi connectivity index (χ3v) is 6.36. The van der Waals surface area contributed by atoms with E-state index in [-0.39, 0.29) is 35.8 Å². The van der Waals surface area contributed by atoms with Crippen LogP contribution in [0.25, 0.3) is 11.1 Å². The maximum atomic E-state index is 13.2. The van der Waals surface area contributed by atoms with E-state index in [1.54, 1.807) is 29.1 Å². The molecule has 0 bridgehead atoms. The highest BCUT2D eigenvalue weighted by Crippen LogP contribution is 2.28. The quantitative estimate of drug-likeness (QED) is 0.600. The second kappa shape index (κ2) is 9.13. The van der Waals surface area contributed by atoms with Gasteiger partial charge in [0.05, 0.1) is 12.2 Å². The first-order chi connectivity index (χ1) is 16.0. The molecule has 2 fully saturated rings. The summed E-state index contributed by atoms with van der Waals surface area (Å²) in [6.45, 7) is 0. The van der Waals surface area contributed by atoms with Crippen molar-refractivity contribution < 1.29 is 14.0 Å². The zero-order valence-corrected chi connectivity index (χ0v) is 18.2. The molecule has 2 aliphatic rings. The number of amides is 2. The van der Waals surface area contributed by atoms with E-state index in [0.717, 1.165) is 49.7 Å². The molecule has 2 aliphatic carbocycles. The molecule has 1 aromatic heterocycles. The second-order valence-electron chi connectivity index (χ2n) is 8.90. The second-order valence-corrected chi connectivity index (χ2v) is 8.90. The Balaban J connectivity index is 1.16. The molecule has 1 heterocycles. The number of carbonyl (C=O) groups is 2. The van der Waals surface area contributed by atoms with E-state index in [0.29, 0.717) is 11.3 Å². The summed E-state index contributed by atoms with van der Waals surface area (Å²) in [5.74, 6) is -0.554. The molecule has 0 spiro atoms. The van der Waals surface area contributed by atoms with E-state index in [1.165, 1.54) is 12.1 Å². The van der Waals surface area contributed by atoms with E-state index in [2.05, 4.69) is 20.9 Å². The molecule has 2 saturated carbocycles. The molecule has 0 saturated heterocycles. The lowest BCUT2D eigenvalue weighted by Gasteiger charge is -2.29. The van der Waals surface area contributed by atoms with Gasteiger partial charge in [-0.05, 0) is 73.9 Å². The largest absolute Gasteiger partial charge is 0.349 e. The summed E-state index contributed by atoms with van der Waals surface area (Å²) in [6.07, 6.45) is 7.16. The molecule has 3 aromatic rings. The molecular weight excluding hydrogens is 421 g/mol. The molecular formula is C25H26FN5O2. The van der Waals surface area contributed by atoms with Gasteiger partial charge in [-0.3, -0.25) is 9.59 Å². The SMILES string of the molecule is O=C(NC1CCC(n2cc(C(=O)NC3CC3)nn2)CC1)c1cccc(-c2ccc(F)cc2)c1.